The van der Waals surface area contributed by atoms with Crippen LogP contribution in [-0.2, 0) is 29.1 Å². The first kappa shape index (κ1) is 26.0. The van der Waals surface area contributed by atoms with Crippen LogP contribution in [-0.4, -0.2) is 23.8 Å². The summed E-state index contributed by atoms with van der Waals surface area (Å²) < 4.78 is 5.22. The van der Waals surface area contributed by atoms with E-state index in [9.17, 15) is 9.59 Å². The SMILES string of the molecule is COc1ccc(CNC(=O)[C@H](c2ccccc2)N(Cc2ccc(Cl)cc2)C(=O)Cc2ccccc2)cc1. The summed E-state index contributed by atoms with van der Waals surface area (Å²) >= 11 is 6.09. The maximum atomic E-state index is 13.8. The van der Waals surface area contributed by atoms with Crippen LogP contribution in [0.1, 0.15) is 28.3 Å². The van der Waals surface area contributed by atoms with Gasteiger partial charge in [0.2, 0.25) is 11.8 Å². The van der Waals surface area contributed by atoms with Crippen LogP contribution in [0.2, 0.25) is 5.02 Å². The molecule has 0 spiro atoms. The van der Waals surface area contributed by atoms with Gasteiger partial charge in [0.15, 0.2) is 0 Å². The molecule has 4 aromatic rings. The summed E-state index contributed by atoms with van der Waals surface area (Å²) in [6.45, 7) is 0.589. The Morgan fingerprint density at radius 3 is 2.00 bits per heavy atom. The number of nitrogens with zero attached hydrogens (tertiary/aromatic N) is 1. The van der Waals surface area contributed by atoms with E-state index in [4.69, 9.17) is 16.3 Å². The van der Waals surface area contributed by atoms with Gasteiger partial charge in [0.25, 0.3) is 0 Å². The number of benzene rings is 4. The zero-order chi connectivity index (χ0) is 26.0. The van der Waals surface area contributed by atoms with Crippen molar-refractivity contribution in [3.8, 4) is 5.75 Å². The number of halogens is 1. The molecular formula is C31H29ClN2O3. The third-order valence-corrected chi connectivity index (χ3v) is 6.34. The number of ether oxygens (including phenoxy) is 1. The first-order valence-corrected chi connectivity index (χ1v) is 12.4. The molecule has 0 heterocycles. The summed E-state index contributed by atoms with van der Waals surface area (Å²) in [6, 6.07) is 33.0. The quantitative estimate of drug-likeness (QED) is 0.284. The van der Waals surface area contributed by atoms with Gasteiger partial charge in [-0.25, -0.2) is 0 Å². The van der Waals surface area contributed by atoms with E-state index in [-0.39, 0.29) is 24.8 Å². The zero-order valence-electron chi connectivity index (χ0n) is 20.6. The van der Waals surface area contributed by atoms with Gasteiger partial charge in [-0.1, -0.05) is 96.5 Å². The standard InChI is InChI=1S/C31H29ClN2O3/c1-37-28-18-14-24(15-19-28)21-33-31(36)30(26-10-6-3-7-11-26)34(22-25-12-16-27(32)17-13-25)29(35)20-23-8-4-2-5-9-23/h2-19,30H,20-22H2,1H3,(H,33,36)/t30-/m0/s1. The van der Waals surface area contributed by atoms with Gasteiger partial charge in [-0.3, -0.25) is 9.59 Å². The van der Waals surface area contributed by atoms with Crippen LogP contribution in [0.4, 0.5) is 0 Å². The number of nitrogens with one attached hydrogen (secondary N) is 1. The Balaban J connectivity index is 1.64. The summed E-state index contributed by atoms with van der Waals surface area (Å²) in [7, 11) is 1.61. The maximum absolute atomic E-state index is 13.8. The fraction of sp³-hybridized carbons (Fsp3) is 0.161. The van der Waals surface area contributed by atoms with Gasteiger partial charge in [0.05, 0.1) is 13.5 Å². The van der Waals surface area contributed by atoms with Crippen LogP contribution in [0, 0.1) is 0 Å². The molecule has 188 valence electrons. The van der Waals surface area contributed by atoms with E-state index in [1.54, 1.807) is 24.1 Å². The molecule has 0 fully saturated rings. The third-order valence-electron chi connectivity index (χ3n) is 6.09. The number of carbonyl (C=O) groups is 2. The molecule has 2 amide bonds. The molecule has 0 aliphatic heterocycles. The lowest BCUT2D eigenvalue weighted by Gasteiger charge is -2.32. The number of amides is 2. The van der Waals surface area contributed by atoms with Crippen molar-refractivity contribution in [3.05, 3.63) is 136 Å². The molecule has 5 nitrogen and oxygen atoms in total. The van der Waals surface area contributed by atoms with Crippen molar-refractivity contribution in [1.29, 1.82) is 0 Å². The fourth-order valence-electron chi connectivity index (χ4n) is 4.12. The normalized spacial score (nSPS) is 11.4. The third kappa shape index (κ3) is 7.21. The lowest BCUT2D eigenvalue weighted by molar-refractivity contribution is -0.141. The molecule has 37 heavy (non-hydrogen) atoms. The van der Waals surface area contributed by atoms with Gasteiger partial charge < -0.3 is 15.0 Å². The minimum Gasteiger partial charge on any atom is -0.497 e. The van der Waals surface area contributed by atoms with Crippen LogP contribution in [0.15, 0.2) is 109 Å². The second-order valence-electron chi connectivity index (χ2n) is 8.69. The Bertz CT molecular complexity index is 1290. The fourth-order valence-corrected chi connectivity index (χ4v) is 4.25. The molecule has 0 aliphatic rings. The number of rotatable bonds is 10. The van der Waals surface area contributed by atoms with E-state index in [0.29, 0.717) is 11.6 Å². The van der Waals surface area contributed by atoms with Gasteiger partial charge in [-0.05, 0) is 46.5 Å². The average Bonchev–Trinajstić information content (AvgIpc) is 2.94. The molecule has 0 bridgehead atoms. The Hall–Kier alpha value is -4.09. The van der Waals surface area contributed by atoms with Gasteiger partial charge in [-0.15, -0.1) is 0 Å². The molecule has 1 atom stereocenters. The predicted octanol–water partition coefficient (Wildman–Crippen LogP) is 5.98. The van der Waals surface area contributed by atoms with Crippen molar-refractivity contribution in [2.24, 2.45) is 0 Å². The topological polar surface area (TPSA) is 58.6 Å². The molecule has 0 aliphatic carbocycles. The number of hydrogen-bond donors (Lipinski definition) is 1. The van der Waals surface area contributed by atoms with Gasteiger partial charge >= 0.3 is 0 Å². The summed E-state index contributed by atoms with van der Waals surface area (Å²) in [6.07, 6.45) is 0.184. The van der Waals surface area contributed by atoms with Gasteiger partial charge in [-0.2, -0.15) is 0 Å². The molecule has 0 aromatic heterocycles. The van der Waals surface area contributed by atoms with Crippen LogP contribution in [0.25, 0.3) is 0 Å². The Morgan fingerprint density at radius 2 is 1.38 bits per heavy atom. The summed E-state index contributed by atoms with van der Waals surface area (Å²) in [5.41, 5.74) is 3.44. The minimum absolute atomic E-state index is 0.144. The van der Waals surface area contributed by atoms with Crippen molar-refractivity contribution in [2.75, 3.05) is 7.11 Å². The second kappa shape index (κ2) is 12.7. The first-order chi connectivity index (χ1) is 18.0. The highest BCUT2D eigenvalue weighted by Gasteiger charge is 2.31. The van der Waals surface area contributed by atoms with Crippen LogP contribution < -0.4 is 10.1 Å². The minimum atomic E-state index is -0.814. The summed E-state index contributed by atoms with van der Waals surface area (Å²) in [5.74, 6) is 0.352. The van der Waals surface area contributed by atoms with Gasteiger partial charge in [0.1, 0.15) is 11.8 Å². The highest BCUT2D eigenvalue weighted by molar-refractivity contribution is 6.30. The molecule has 4 rings (SSSR count). The smallest absolute Gasteiger partial charge is 0.247 e. The van der Waals surface area contributed by atoms with Crippen molar-refractivity contribution in [2.45, 2.75) is 25.6 Å². The summed E-state index contributed by atoms with van der Waals surface area (Å²) in [5, 5.41) is 3.65. The van der Waals surface area contributed by atoms with Gasteiger partial charge in [0, 0.05) is 18.1 Å². The summed E-state index contributed by atoms with van der Waals surface area (Å²) in [4.78, 5) is 29.1. The molecule has 6 heteroatoms. The number of methoxy groups -OCH3 is 1. The highest BCUT2D eigenvalue weighted by atomic mass is 35.5. The molecule has 0 radical (unpaired) electrons. The van der Waals surface area contributed by atoms with Crippen molar-refractivity contribution >= 4 is 23.4 Å². The van der Waals surface area contributed by atoms with Crippen molar-refractivity contribution in [1.82, 2.24) is 10.2 Å². The molecule has 4 aromatic carbocycles. The zero-order valence-corrected chi connectivity index (χ0v) is 21.4. The molecule has 0 saturated carbocycles. The van der Waals surface area contributed by atoms with Crippen LogP contribution in [0.5, 0.6) is 5.75 Å². The van der Waals surface area contributed by atoms with E-state index in [1.165, 1.54) is 0 Å². The molecule has 1 N–H and O–H groups in total. The van der Waals surface area contributed by atoms with Crippen LogP contribution >= 0.6 is 11.6 Å². The average molecular weight is 513 g/mol. The lowest BCUT2D eigenvalue weighted by atomic mass is 10.0. The van der Waals surface area contributed by atoms with E-state index in [2.05, 4.69) is 5.32 Å². The van der Waals surface area contributed by atoms with E-state index in [0.717, 1.165) is 28.0 Å². The Kier molecular flexibility index (Phi) is 8.95. The second-order valence-corrected chi connectivity index (χ2v) is 9.13. The lowest BCUT2D eigenvalue weighted by Crippen LogP contribution is -2.43. The first-order valence-electron chi connectivity index (χ1n) is 12.1. The largest absolute Gasteiger partial charge is 0.497 e. The van der Waals surface area contributed by atoms with E-state index >= 15 is 0 Å². The van der Waals surface area contributed by atoms with Crippen LogP contribution in [0.3, 0.4) is 0 Å². The number of carbonyl (C=O) groups excluding carboxylic acids is 2. The molecule has 0 saturated heterocycles. The highest BCUT2D eigenvalue weighted by Crippen LogP contribution is 2.26. The maximum Gasteiger partial charge on any atom is 0.247 e. The predicted molar refractivity (Wildman–Crippen MR) is 146 cm³/mol. The van der Waals surface area contributed by atoms with Crippen molar-refractivity contribution < 1.29 is 14.3 Å². The Morgan fingerprint density at radius 1 is 0.784 bits per heavy atom. The molecule has 0 unspecified atom stereocenters. The van der Waals surface area contributed by atoms with E-state index in [1.807, 2.05) is 97.1 Å². The molecular weight excluding hydrogens is 484 g/mol. The Labute approximate surface area is 222 Å². The van der Waals surface area contributed by atoms with E-state index < -0.39 is 6.04 Å². The number of hydrogen-bond acceptors (Lipinski definition) is 3. The monoisotopic (exact) mass is 512 g/mol. The van der Waals surface area contributed by atoms with Crippen molar-refractivity contribution in [3.63, 3.8) is 0 Å².